The number of nitrogen functional groups attached to an aromatic ring is 1. The first kappa shape index (κ1) is 10.4. The number of benzene rings is 1. The lowest BCUT2D eigenvalue weighted by Gasteiger charge is -2.04. The second-order valence-electron chi connectivity index (χ2n) is 3.70. The molecule has 0 amide bonds. The predicted octanol–water partition coefficient (Wildman–Crippen LogP) is 2.13. The van der Waals surface area contributed by atoms with Gasteiger partial charge in [-0.05, 0) is 24.6 Å². The molecule has 0 bridgehead atoms. The Morgan fingerprint density at radius 2 is 2.12 bits per heavy atom. The number of hydrogen-bond acceptors (Lipinski definition) is 6. The monoisotopic (exact) mass is 249 g/mol. The van der Waals surface area contributed by atoms with E-state index in [2.05, 4.69) is 10.4 Å². The molecule has 1 aliphatic rings. The zero-order valence-electron chi connectivity index (χ0n) is 9.19. The van der Waals surface area contributed by atoms with Crippen molar-refractivity contribution in [2.24, 2.45) is 5.84 Å². The molecule has 0 unspecified atom stereocenters. The Morgan fingerprint density at radius 1 is 1.35 bits per heavy atom. The zero-order chi connectivity index (χ0) is 11.8. The fourth-order valence-corrected chi connectivity index (χ4v) is 2.41. The number of ether oxygens (including phenoxy) is 2. The quantitative estimate of drug-likeness (QED) is 0.630. The van der Waals surface area contributed by atoms with Crippen LogP contribution in [-0.2, 0) is 0 Å². The van der Waals surface area contributed by atoms with Crippen molar-refractivity contribution >= 4 is 16.5 Å². The molecule has 0 saturated heterocycles. The highest BCUT2D eigenvalue weighted by Gasteiger charge is 2.17. The minimum absolute atomic E-state index is 0.283. The summed E-state index contributed by atoms with van der Waals surface area (Å²) in [7, 11) is 0. The minimum atomic E-state index is 0.283. The Kier molecular flexibility index (Phi) is 2.38. The molecule has 1 aromatic heterocycles. The van der Waals surface area contributed by atoms with E-state index < -0.39 is 0 Å². The minimum Gasteiger partial charge on any atom is -0.454 e. The smallest absolute Gasteiger partial charge is 0.231 e. The number of anilines is 1. The van der Waals surface area contributed by atoms with Crippen LogP contribution in [0.4, 0.5) is 5.13 Å². The summed E-state index contributed by atoms with van der Waals surface area (Å²) in [5.74, 6) is 6.88. The van der Waals surface area contributed by atoms with Crippen LogP contribution < -0.4 is 20.7 Å². The van der Waals surface area contributed by atoms with Crippen LogP contribution in [0.2, 0.25) is 0 Å². The second-order valence-corrected chi connectivity index (χ2v) is 4.56. The number of fused-ring (bicyclic) bond motifs is 1. The number of thiazole rings is 1. The number of hydrogen-bond donors (Lipinski definition) is 2. The van der Waals surface area contributed by atoms with Gasteiger partial charge in [0, 0.05) is 10.9 Å². The summed E-state index contributed by atoms with van der Waals surface area (Å²) in [6, 6.07) is 3.92. The van der Waals surface area contributed by atoms with Crippen molar-refractivity contribution in [3.63, 3.8) is 0 Å². The van der Waals surface area contributed by atoms with Gasteiger partial charge in [-0.1, -0.05) is 0 Å². The number of nitrogens with one attached hydrogen (secondary N) is 1. The number of aryl methyl sites for hydroxylation is 1. The van der Waals surface area contributed by atoms with Gasteiger partial charge in [0.25, 0.3) is 0 Å². The lowest BCUT2D eigenvalue weighted by atomic mass is 10.1. The first-order valence-electron chi connectivity index (χ1n) is 5.10. The van der Waals surface area contributed by atoms with Crippen molar-refractivity contribution in [2.75, 3.05) is 12.2 Å². The maximum atomic E-state index is 5.36. The summed E-state index contributed by atoms with van der Waals surface area (Å²) in [6.07, 6.45) is 0. The standard InChI is InChI=1S/C11H11N3O2S/c1-6-2-9-10(16-5-15-9)3-7(6)8-4-17-11(13-8)14-12/h2-4H,5,12H2,1H3,(H,13,14). The number of aromatic nitrogens is 1. The van der Waals surface area contributed by atoms with Gasteiger partial charge in [-0.3, -0.25) is 5.43 Å². The summed E-state index contributed by atoms with van der Waals surface area (Å²) in [5, 5.41) is 2.65. The summed E-state index contributed by atoms with van der Waals surface area (Å²) in [6.45, 7) is 2.30. The van der Waals surface area contributed by atoms with Crippen molar-refractivity contribution in [3.05, 3.63) is 23.1 Å². The van der Waals surface area contributed by atoms with Crippen molar-refractivity contribution in [2.45, 2.75) is 6.92 Å². The van der Waals surface area contributed by atoms with Gasteiger partial charge in [-0.15, -0.1) is 11.3 Å². The first-order chi connectivity index (χ1) is 8.28. The Bertz CT molecular complexity index is 568. The molecule has 0 radical (unpaired) electrons. The third-order valence-electron chi connectivity index (χ3n) is 2.62. The van der Waals surface area contributed by atoms with E-state index >= 15 is 0 Å². The van der Waals surface area contributed by atoms with E-state index in [1.54, 1.807) is 0 Å². The molecule has 2 aromatic rings. The normalized spacial score (nSPS) is 12.8. The van der Waals surface area contributed by atoms with Crippen molar-refractivity contribution in [1.82, 2.24) is 4.98 Å². The maximum absolute atomic E-state index is 5.36. The third kappa shape index (κ3) is 1.71. The highest BCUT2D eigenvalue weighted by atomic mass is 32.1. The molecule has 3 rings (SSSR count). The van der Waals surface area contributed by atoms with Crippen LogP contribution in [0.15, 0.2) is 17.5 Å². The van der Waals surface area contributed by atoms with Crippen molar-refractivity contribution in [1.29, 1.82) is 0 Å². The van der Waals surface area contributed by atoms with Crippen LogP contribution in [0.25, 0.3) is 11.3 Å². The lowest BCUT2D eigenvalue weighted by Crippen LogP contribution is -2.05. The molecule has 0 spiro atoms. The Balaban J connectivity index is 2.08. The number of hydrazine groups is 1. The van der Waals surface area contributed by atoms with Gasteiger partial charge in [0.2, 0.25) is 6.79 Å². The largest absolute Gasteiger partial charge is 0.454 e. The molecule has 5 nitrogen and oxygen atoms in total. The highest BCUT2D eigenvalue weighted by Crippen LogP contribution is 2.38. The maximum Gasteiger partial charge on any atom is 0.231 e. The van der Waals surface area contributed by atoms with Gasteiger partial charge < -0.3 is 9.47 Å². The molecule has 1 aliphatic heterocycles. The second kappa shape index (κ2) is 3.90. The molecule has 1 aromatic carbocycles. The Labute approximate surface area is 102 Å². The summed E-state index contributed by atoms with van der Waals surface area (Å²) in [4.78, 5) is 4.37. The molecular formula is C11H11N3O2S. The molecule has 17 heavy (non-hydrogen) atoms. The Hall–Kier alpha value is -1.79. The summed E-state index contributed by atoms with van der Waals surface area (Å²) in [5.41, 5.74) is 5.56. The fourth-order valence-electron chi connectivity index (χ4n) is 1.78. The first-order valence-corrected chi connectivity index (χ1v) is 5.98. The van der Waals surface area contributed by atoms with Gasteiger partial charge >= 0.3 is 0 Å². The van der Waals surface area contributed by atoms with Gasteiger partial charge in [0.05, 0.1) is 5.69 Å². The van der Waals surface area contributed by atoms with Gasteiger partial charge in [0.15, 0.2) is 16.6 Å². The molecule has 2 heterocycles. The van der Waals surface area contributed by atoms with E-state index in [9.17, 15) is 0 Å². The lowest BCUT2D eigenvalue weighted by molar-refractivity contribution is 0.174. The SMILES string of the molecule is Cc1cc2c(cc1-c1csc(NN)n1)OCO2. The predicted molar refractivity (Wildman–Crippen MR) is 66.2 cm³/mol. The van der Waals surface area contributed by atoms with Crippen LogP contribution >= 0.6 is 11.3 Å². The van der Waals surface area contributed by atoms with E-state index in [-0.39, 0.29) is 6.79 Å². The number of rotatable bonds is 2. The Morgan fingerprint density at radius 3 is 2.82 bits per heavy atom. The van der Waals surface area contributed by atoms with Crippen LogP contribution in [0.1, 0.15) is 5.56 Å². The molecule has 0 aliphatic carbocycles. The van der Waals surface area contributed by atoms with Gasteiger partial charge in [-0.2, -0.15) is 0 Å². The van der Waals surface area contributed by atoms with E-state index in [0.29, 0.717) is 5.13 Å². The topological polar surface area (TPSA) is 69.4 Å². The molecule has 0 atom stereocenters. The highest BCUT2D eigenvalue weighted by molar-refractivity contribution is 7.14. The molecule has 6 heteroatoms. The van der Waals surface area contributed by atoms with E-state index in [1.165, 1.54) is 11.3 Å². The molecular weight excluding hydrogens is 238 g/mol. The molecule has 88 valence electrons. The summed E-state index contributed by atoms with van der Waals surface area (Å²) >= 11 is 1.47. The number of nitrogens with two attached hydrogens (primary N) is 1. The van der Waals surface area contributed by atoms with Crippen molar-refractivity contribution < 1.29 is 9.47 Å². The molecule has 0 fully saturated rings. The van der Waals surface area contributed by atoms with Gasteiger partial charge in [-0.25, -0.2) is 10.8 Å². The van der Waals surface area contributed by atoms with Crippen LogP contribution in [0.5, 0.6) is 11.5 Å². The average molecular weight is 249 g/mol. The fraction of sp³-hybridized carbons (Fsp3) is 0.182. The van der Waals surface area contributed by atoms with Crippen LogP contribution in [0, 0.1) is 6.92 Å². The van der Waals surface area contributed by atoms with E-state index in [0.717, 1.165) is 28.3 Å². The number of nitrogens with zero attached hydrogens (tertiary/aromatic N) is 1. The third-order valence-corrected chi connectivity index (χ3v) is 3.40. The van der Waals surface area contributed by atoms with Gasteiger partial charge in [0.1, 0.15) is 0 Å². The molecule has 0 saturated carbocycles. The van der Waals surface area contributed by atoms with Crippen LogP contribution in [-0.4, -0.2) is 11.8 Å². The average Bonchev–Trinajstić information content (AvgIpc) is 2.94. The van der Waals surface area contributed by atoms with E-state index in [4.69, 9.17) is 15.3 Å². The zero-order valence-corrected chi connectivity index (χ0v) is 10.0. The molecule has 3 N–H and O–H groups in total. The summed E-state index contributed by atoms with van der Waals surface area (Å²) < 4.78 is 10.7. The van der Waals surface area contributed by atoms with E-state index in [1.807, 2.05) is 24.4 Å². The van der Waals surface area contributed by atoms with Crippen LogP contribution in [0.3, 0.4) is 0 Å². The van der Waals surface area contributed by atoms with Crippen molar-refractivity contribution in [3.8, 4) is 22.8 Å².